The van der Waals surface area contributed by atoms with E-state index in [4.69, 9.17) is 14.2 Å². The molecule has 1 aliphatic heterocycles. The van der Waals surface area contributed by atoms with Gasteiger partial charge >= 0.3 is 0 Å². The number of aromatic hydroxyl groups is 1. The van der Waals surface area contributed by atoms with Crippen molar-refractivity contribution in [1.82, 2.24) is 19.5 Å². The molecule has 0 bridgehead atoms. The molecule has 1 N–H and O–H groups in total. The molecule has 5 rings (SSSR count). The van der Waals surface area contributed by atoms with Crippen LogP contribution in [-0.4, -0.2) is 72.1 Å². The smallest absolute Gasteiger partial charge is 0.230 e. The summed E-state index contributed by atoms with van der Waals surface area (Å²) in [5.41, 5.74) is 2.15. The Labute approximate surface area is 201 Å². The summed E-state index contributed by atoms with van der Waals surface area (Å²) < 4.78 is 18.2. The SMILES string of the molecule is COc1cc([C@@H](c2sc3ncnn3c2O)N2CCN(c3ccccc3)CC2)cc(OC)c1OC. The summed E-state index contributed by atoms with van der Waals surface area (Å²) in [5, 5.41) is 15.2. The van der Waals surface area contributed by atoms with Crippen LogP contribution in [0, 0.1) is 0 Å². The predicted molar refractivity (Wildman–Crippen MR) is 131 cm³/mol. The number of piperazine rings is 1. The number of thiazole rings is 1. The first kappa shape index (κ1) is 22.3. The van der Waals surface area contributed by atoms with Gasteiger partial charge in [0.15, 0.2) is 11.5 Å². The number of anilines is 1. The maximum atomic E-state index is 11.1. The Kier molecular flexibility index (Phi) is 6.16. The van der Waals surface area contributed by atoms with Gasteiger partial charge in [-0.2, -0.15) is 9.61 Å². The fourth-order valence-electron chi connectivity index (χ4n) is 4.54. The van der Waals surface area contributed by atoms with E-state index in [2.05, 4.69) is 44.1 Å². The number of rotatable bonds is 7. The van der Waals surface area contributed by atoms with E-state index in [1.165, 1.54) is 27.9 Å². The van der Waals surface area contributed by atoms with Crippen molar-refractivity contribution in [3.63, 3.8) is 0 Å². The van der Waals surface area contributed by atoms with Crippen molar-refractivity contribution in [1.29, 1.82) is 0 Å². The molecular formula is C24H27N5O4S. The molecule has 1 saturated heterocycles. The molecule has 2 aromatic carbocycles. The van der Waals surface area contributed by atoms with Crippen LogP contribution < -0.4 is 19.1 Å². The van der Waals surface area contributed by atoms with Gasteiger partial charge in [-0.15, -0.1) is 0 Å². The summed E-state index contributed by atoms with van der Waals surface area (Å²) in [6, 6.07) is 14.1. The second-order valence-corrected chi connectivity index (χ2v) is 8.97. The van der Waals surface area contributed by atoms with E-state index in [0.717, 1.165) is 36.6 Å². The molecule has 2 aromatic heterocycles. The third-order valence-electron chi connectivity index (χ3n) is 6.19. The van der Waals surface area contributed by atoms with E-state index in [-0.39, 0.29) is 11.9 Å². The number of methoxy groups -OCH3 is 3. The highest BCUT2D eigenvalue weighted by Crippen LogP contribution is 2.45. The fourth-order valence-corrected chi connectivity index (χ4v) is 5.63. The number of nitrogens with zero attached hydrogens (tertiary/aromatic N) is 5. The van der Waals surface area contributed by atoms with E-state index >= 15 is 0 Å². The standard InChI is InChI=1S/C24H27N5O4S/c1-31-18-13-16(14-19(32-2)21(18)33-3)20(22-23(30)29-24(34-22)25-15-26-29)28-11-9-27(10-12-28)17-7-5-4-6-8-17/h4-8,13-15,20,30H,9-12H2,1-3H3/t20-/m0/s1. The molecule has 9 nitrogen and oxygen atoms in total. The molecule has 10 heteroatoms. The summed E-state index contributed by atoms with van der Waals surface area (Å²) in [5.74, 6) is 1.78. The number of aromatic nitrogens is 3. The second kappa shape index (κ2) is 9.40. The van der Waals surface area contributed by atoms with Gasteiger partial charge < -0.3 is 24.2 Å². The van der Waals surface area contributed by atoms with Crippen LogP contribution in [0.15, 0.2) is 48.8 Å². The van der Waals surface area contributed by atoms with Crippen LogP contribution in [0.2, 0.25) is 0 Å². The Bertz CT molecular complexity index is 1240. The molecule has 1 fully saturated rings. The molecule has 178 valence electrons. The topological polar surface area (TPSA) is 84.6 Å². The fraction of sp³-hybridized carbons (Fsp3) is 0.333. The normalized spacial score (nSPS) is 15.4. The number of hydrogen-bond acceptors (Lipinski definition) is 9. The van der Waals surface area contributed by atoms with Gasteiger partial charge in [-0.1, -0.05) is 29.5 Å². The molecule has 1 atom stereocenters. The van der Waals surface area contributed by atoms with Gasteiger partial charge in [-0.25, -0.2) is 4.98 Å². The van der Waals surface area contributed by atoms with Gasteiger partial charge in [-0.05, 0) is 29.8 Å². The van der Waals surface area contributed by atoms with Crippen LogP contribution in [0.1, 0.15) is 16.5 Å². The molecule has 0 radical (unpaired) electrons. The zero-order valence-corrected chi connectivity index (χ0v) is 20.2. The highest BCUT2D eigenvalue weighted by atomic mass is 32.1. The first-order valence-electron chi connectivity index (χ1n) is 11.0. The van der Waals surface area contributed by atoms with Gasteiger partial charge in [0.25, 0.3) is 0 Å². The number of fused-ring (bicyclic) bond motifs is 1. The van der Waals surface area contributed by atoms with Crippen LogP contribution >= 0.6 is 11.3 Å². The van der Waals surface area contributed by atoms with Crippen molar-refractivity contribution in [2.24, 2.45) is 0 Å². The third kappa shape index (κ3) is 3.88. The van der Waals surface area contributed by atoms with Crippen LogP contribution in [-0.2, 0) is 0 Å². The zero-order valence-electron chi connectivity index (χ0n) is 19.3. The van der Waals surface area contributed by atoms with Gasteiger partial charge in [0.1, 0.15) is 6.33 Å². The van der Waals surface area contributed by atoms with Crippen LogP contribution in [0.3, 0.4) is 0 Å². The average Bonchev–Trinajstić information content (AvgIpc) is 3.47. The lowest BCUT2D eigenvalue weighted by Gasteiger charge is -2.40. The molecule has 0 amide bonds. The van der Waals surface area contributed by atoms with E-state index in [1.54, 1.807) is 21.3 Å². The van der Waals surface area contributed by atoms with Crippen LogP contribution in [0.5, 0.6) is 23.1 Å². The lowest BCUT2D eigenvalue weighted by molar-refractivity contribution is 0.210. The summed E-state index contributed by atoms with van der Waals surface area (Å²) in [7, 11) is 4.80. The van der Waals surface area contributed by atoms with Crippen LogP contribution in [0.4, 0.5) is 5.69 Å². The first-order valence-corrected chi connectivity index (χ1v) is 11.8. The lowest BCUT2D eigenvalue weighted by Crippen LogP contribution is -2.47. The first-order chi connectivity index (χ1) is 16.6. The number of hydrogen-bond donors (Lipinski definition) is 1. The number of benzene rings is 2. The largest absolute Gasteiger partial charge is 0.493 e. The minimum atomic E-state index is -0.236. The highest BCUT2D eigenvalue weighted by Gasteiger charge is 2.33. The van der Waals surface area contributed by atoms with E-state index in [1.807, 2.05) is 18.2 Å². The molecule has 0 unspecified atom stereocenters. The molecule has 1 aliphatic rings. The highest BCUT2D eigenvalue weighted by molar-refractivity contribution is 7.17. The monoisotopic (exact) mass is 481 g/mol. The van der Waals surface area contributed by atoms with Gasteiger partial charge in [-0.3, -0.25) is 4.90 Å². The Morgan fingerprint density at radius 2 is 1.62 bits per heavy atom. The maximum Gasteiger partial charge on any atom is 0.230 e. The second-order valence-electron chi connectivity index (χ2n) is 7.96. The lowest BCUT2D eigenvalue weighted by atomic mass is 10.0. The molecule has 34 heavy (non-hydrogen) atoms. The Hall–Kier alpha value is -3.50. The molecule has 4 aromatic rings. The maximum absolute atomic E-state index is 11.1. The van der Waals surface area contributed by atoms with Crippen LogP contribution in [0.25, 0.3) is 4.96 Å². The summed E-state index contributed by atoms with van der Waals surface area (Å²) in [4.78, 5) is 10.5. The van der Waals surface area contributed by atoms with Crippen molar-refractivity contribution in [3.8, 4) is 23.1 Å². The van der Waals surface area contributed by atoms with Crippen molar-refractivity contribution in [2.75, 3.05) is 52.4 Å². The van der Waals surface area contributed by atoms with Gasteiger partial charge in [0, 0.05) is 31.9 Å². The number of ether oxygens (including phenoxy) is 3. The van der Waals surface area contributed by atoms with E-state index in [9.17, 15) is 5.11 Å². The molecule has 0 saturated carbocycles. The summed E-state index contributed by atoms with van der Waals surface area (Å²) >= 11 is 1.43. The zero-order chi connectivity index (χ0) is 23.7. The van der Waals surface area contributed by atoms with Crippen molar-refractivity contribution in [3.05, 3.63) is 59.2 Å². The quantitative estimate of drug-likeness (QED) is 0.430. The molecule has 3 heterocycles. The van der Waals surface area contributed by atoms with Crippen molar-refractivity contribution in [2.45, 2.75) is 6.04 Å². The third-order valence-corrected chi connectivity index (χ3v) is 7.28. The van der Waals surface area contributed by atoms with Crippen molar-refractivity contribution >= 4 is 22.0 Å². The van der Waals surface area contributed by atoms with E-state index < -0.39 is 0 Å². The molecule has 0 spiro atoms. The Morgan fingerprint density at radius 1 is 0.941 bits per heavy atom. The summed E-state index contributed by atoms with van der Waals surface area (Å²) in [6.45, 7) is 3.35. The molecule has 0 aliphatic carbocycles. The Balaban J connectivity index is 1.55. The van der Waals surface area contributed by atoms with Crippen molar-refractivity contribution < 1.29 is 19.3 Å². The average molecular weight is 482 g/mol. The van der Waals surface area contributed by atoms with Gasteiger partial charge in [0.2, 0.25) is 16.6 Å². The predicted octanol–water partition coefficient (Wildman–Crippen LogP) is 3.43. The molecular weight excluding hydrogens is 454 g/mol. The summed E-state index contributed by atoms with van der Waals surface area (Å²) in [6.07, 6.45) is 1.45. The number of para-hydroxylation sites is 1. The minimum Gasteiger partial charge on any atom is -0.493 e. The van der Waals surface area contributed by atoms with E-state index in [0.29, 0.717) is 22.2 Å². The Morgan fingerprint density at radius 3 is 2.21 bits per heavy atom. The minimum absolute atomic E-state index is 0.0988. The van der Waals surface area contributed by atoms with Gasteiger partial charge in [0.05, 0.1) is 32.2 Å².